The van der Waals surface area contributed by atoms with E-state index in [4.69, 9.17) is 4.74 Å². The Morgan fingerprint density at radius 3 is 2.82 bits per heavy atom. The van der Waals surface area contributed by atoms with Gasteiger partial charge in [-0.2, -0.15) is 0 Å². The first-order chi connectivity index (χ1) is 16.1. The van der Waals surface area contributed by atoms with Gasteiger partial charge < -0.3 is 19.9 Å². The second-order valence-corrected chi connectivity index (χ2v) is 8.59. The van der Waals surface area contributed by atoms with Crippen LogP contribution in [0.2, 0.25) is 0 Å². The Balaban J connectivity index is 1.14. The second kappa shape index (κ2) is 11.0. The monoisotopic (exact) mass is 448 g/mol. The van der Waals surface area contributed by atoms with Crippen molar-refractivity contribution < 1.29 is 14.3 Å². The van der Waals surface area contributed by atoms with Gasteiger partial charge in [-0.25, -0.2) is 0 Å². The molecule has 3 heterocycles. The SMILES string of the molecule is CCOc1cccc(C(=O)N2CCC(CCCCNC(=O)c3cc4cnccc4[nH]3)CC2)c1. The Morgan fingerprint density at radius 2 is 2.03 bits per heavy atom. The molecule has 1 saturated heterocycles. The molecule has 7 heteroatoms. The summed E-state index contributed by atoms with van der Waals surface area (Å²) in [4.78, 5) is 34.3. The third kappa shape index (κ3) is 5.92. The van der Waals surface area contributed by atoms with Crippen LogP contribution in [-0.2, 0) is 0 Å². The van der Waals surface area contributed by atoms with Gasteiger partial charge in [0.1, 0.15) is 11.4 Å². The molecule has 0 unspecified atom stereocenters. The lowest BCUT2D eigenvalue weighted by Crippen LogP contribution is -2.38. The van der Waals surface area contributed by atoms with Crippen molar-refractivity contribution in [3.63, 3.8) is 0 Å². The molecular formula is C26H32N4O3. The van der Waals surface area contributed by atoms with Gasteiger partial charge in [-0.05, 0) is 62.4 Å². The number of benzene rings is 1. The third-order valence-corrected chi connectivity index (χ3v) is 6.28. The van der Waals surface area contributed by atoms with Crippen LogP contribution in [0, 0.1) is 5.92 Å². The molecule has 33 heavy (non-hydrogen) atoms. The summed E-state index contributed by atoms with van der Waals surface area (Å²) in [5.41, 5.74) is 2.19. The van der Waals surface area contributed by atoms with Crippen molar-refractivity contribution >= 4 is 22.7 Å². The number of likely N-dealkylation sites (tertiary alicyclic amines) is 1. The maximum atomic E-state index is 12.8. The average Bonchev–Trinajstić information content (AvgIpc) is 3.29. The molecular weight excluding hydrogens is 416 g/mol. The summed E-state index contributed by atoms with van der Waals surface area (Å²) in [6.07, 6.45) is 8.69. The number of pyridine rings is 1. The molecule has 0 bridgehead atoms. The van der Waals surface area contributed by atoms with Crippen LogP contribution < -0.4 is 10.1 Å². The highest BCUT2D eigenvalue weighted by Crippen LogP contribution is 2.24. The molecule has 1 fully saturated rings. The number of ether oxygens (including phenoxy) is 1. The Labute approximate surface area is 194 Å². The fraction of sp³-hybridized carbons (Fsp3) is 0.423. The quantitative estimate of drug-likeness (QED) is 0.475. The van der Waals surface area contributed by atoms with Crippen LogP contribution in [0.15, 0.2) is 48.8 Å². The normalized spacial score (nSPS) is 14.4. The van der Waals surface area contributed by atoms with Gasteiger partial charge in [-0.3, -0.25) is 14.6 Å². The first-order valence-corrected chi connectivity index (χ1v) is 11.9. The van der Waals surface area contributed by atoms with E-state index in [1.165, 1.54) is 0 Å². The van der Waals surface area contributed by atoms with Gasteiger partial charge in [0.05, 0.1) is 6.61 Å². The lowest BCUT2D eigenvalue weighted by atomic mass is 9.91. The summed E-state index contributed by atoms with van der Waals surface area (Å²) >= 11 is 0. The molecule has 2 aromatic heterocycles. The van der Waals surface area contributed by atoms with E-state index in [0.717, 1.165) is 61.8 Å². The average molecular weight is 449 g/mol. The number of unbranched alkanes of at least 4 members (excludes halogenated alkanes) is 1. The van der Waals surface area contributed by atoms with Crippen molar-refractivity contribution in [2.24, 2.45) is 5.92 Å². The van der Waals surface area contributed by atoms with Gasteiger partial charge in [0.2, 0.25) is 0 Å². The minimum absolute atomic E-state index is 0.0774. The number of carbonyl (C=O) groups is 2. The largest absolute Gasteiger partial charge is 0.494 e. The highest BCUT2D eigenvalue weighted by molar-refractivity contribution is 5.97. The number of carbonyl (C=O) groups excluding carboxylic acids is 2. The van der Waals surface area contributed by atoms with Crippen molar-refractivity contribution in [2.45, 2.75) is 39.0 Å². The zero-order chi connectivity index (χ0) is 23.0. The fourth-order valence-electron chi connectivity index (χ4n) is 4.44. The van der Waals surface area contributed by atoms with E-state index < -0.39 is 0 Å². The van der Waals surface area contributed by atoms with Crippen molar-refractivity contribution in [3.05, 3.63) is 60.0 Å². The molecule has 174 valence electrons. The van der Waals surface area contributed by atoms with Crippen LogP contribution in [0.25, 0.3) is 10.9 Å². The van der Waals surface area contributed by atoms with Gasteiger partial charge in [0.15, 0.2) is 0 Å². The number of hydrogen-bond donors (Lipinski definition) is 2. The third-order valence-electron chi connectivity index (χ3n) is 6.28. The Bertz CT molecular complexity index is 1050. The summed E-state index contributed by atoms with van der Waals surface area (Å²) in [7, 11) is 0. The number of piperidine rings is 1. The first kappa shape index (κ1) is 22.8. The molecule has 1 aliphatic rings. The lowest BCUT2D eigenvalue weighted by Gasteiger charge is -2.32. The van der Waals surface area contributed by atoms with Crippen molar-refractivity contribution in [3.8, 4) is 5.75 Å². The van der Waals surface area contributed by atoms with Crippen LogP contribution in [0.5, 0.6) is 5.75 Å². The molecule has 0 saturated carbocycles. The molecule has 0 atom stereocenters. The Hall–Kier alpha value is -3.35. The molecule has 0 aliphatic carbocycles. The van der Waals surface area contributed by atoms with Gasteiger partial charge in [0, 0.05) is 48.5 Å². The van der Waals surface area contributed by atoms with Crippen LogP contribution in [0.3, 0.4) is 0 Å². The van der Waals surface area contributed by atoms with E-state index in [1.54, 1.807) is 12.4 Å². The number of fused-ring (bicyclic) bond motifs is 1. The van der Waals surface area contributed by atoms with Gasteiger partial charge in [0.25, 0.3) is 11.8 Å². The first-order valence-electron chi connectivity index (χ1n) is 11.9. The maximum absolute atomic E-state index is 12.8. The molecule has 2 N–H and O–H groups in total. The van der Waals surface area contributed by atoms with Crippen molar-refractivity contribution in [1.82, 2.24) is 20.2 Å². The van der Waals surface area contributed by atoms with Crippen LogP contribution in [0.1, 0.15) is 59.9 Å². The lowest BCUT2D eigenvalue weighted by molar-refractivity contribution is 0.0685. The Kier molecular flexibility index (Phi) is 7.60. The number of H-pyrrole nitrogens is 1. The number of aromatic amines is 1. The number of hydrogen-bond acceptors (Lipinski definition) is 4. The zero-order valence-electron chi connectivity index (χ0n) is 19.2. The predicted octanol–water partition coefficient (Wildman–Crippen LogP) is 4.41. The molecule has 2 amide bonds. The van der Waals surface area contributed by atoms with Crippen molar-refractivity contribution in [1.29, 1.82) is 0 Å². The minimum atomic E-state index is -0.0774. The van der Waals surface area contributed by atoms with Gasteiger partial charge in [-0.1, -0.05) is 18.9 Å². The molecule has 7 nitrogen and oxygen atoms in total. The van der Waals surface area contributed by atoms with E-state index in [9.17, 15) is 9.59 Å². The molecule has 1 aliphatic heterocycles. The molecule has 0 spiro atoms. The molecule has 0 radical (unpaired) electrons. The maximum Gasteiger partial charge on any atom is 0.267 e. The van der Waals surface area contributed by atoms with Crippen LogP contribution in [0.4, 0.5) is 0 Å². The van der Waals surface area contributed by atoms with Gasteiger partial charge in [-0.15, -0.1) is 0 Å². The van der Waals surface area contributed by atoms with Crippen molar-refractivity contribution in [2.75, 3.05) is 26.2 Å². The van der Waals surface area contributed by atoms with Gasteiger partial charge >= 0.3 is 0 Å². The molecule has 3 aromatic rings. The molecule has 1 aromatic carbocycles. The number of rotatable bonds is 9. The summed E-state index contributed by atoms with van der Waals surface area (Å²) in [6, 6.07) is 11.1. The highest BCUT2D eigenvalue weighted by atomic mass is 16.5. The van der Waals surface area contributed by atoms with E-state index in [2.05, 4.69) is 15.3 Å². The standard InChI is InChI=1S/C26H32N4O3/c1-2-33-22-8-5-7-20(16-22)26(32)30-14-10-19(11-15-30)6-3-4-12-28-25(31)24-17-21-18-27-13-9-23(21)29-24/h5,7-9,13,16-19,29H,2-4,6,10-12,14-15H2,1H3,(H,28,31). The summed E-state index contributed by atoms with van der Waals surface area (Å²) in [6.45, 7) is 4.80. The van der Waals surface area contributed by atoms with Crippen LogP contribution in [-0.4, -0.2) is 52.9 Å². The summed E-state index contributed by atoms with van der Waals surface area (Å²) in [5, 5.41) is 3.94. The van der Waals surface area contributed by atoms with E-state index in [1.807, 2.05) is 48.2 Å². The predicted molar refractivity (Wildman–Crippen MR) is 129 cm³/mol. The smallest absolute Gasteiger partial charge is 0.267 e. The minimum Gasteiger partial charge on any atom is -0.494 e. The van der Waals surface area contributed by atoms with E-state index in [0.29, 0.717) is 30.3 Å². The fourth-order valence-corrected chi connectivity index (χ4v) is 4.44. The van der Waals surface area contributed by atoms with E-state index >= 15 is 0 Å². The highest BCUT2D eigenvalue weighted by Gasteiger charge is 2.23. The Morgan fingerprint density at radius 1 is 1.18 bits per heavy atom. The number of nitrogens with zero attached hydrogens (tertiary/aromatic N) is 2. The van der Waals surface area contributed by atoms with E-state index in [-0.39, 0.29) is 11.8 Å². The number of nitrogens with one attached hydrogen (secondary N) is 2. The number of amides is 2. The second-order valence-electron chi connectivity index (χ2n) is 8.59. The zero-order valence-corrected chi connectivity index (χ0v) is 19.2. The topological polar surface area (TPSA) is 87.3 Å². The van der Waals surface area contributed by atoms with Crippen LogP contribution >= 0.6 is 0 Å². The summed E-state index contributed by atoms with van der Waals surface area (Å²) < 4.78 is 5.52. The molecule has 4 rings (SSSR count). The summed E-state index contributed by atoms with van der Waals surface area (Å²) in [5.74, 6) is 1.39. The number of aromatic nitrogens is 2.